The van der Waals surface area contributed by atoms with E-state index < -0.39 is 17.9 Å². The van der Waals surface area contributed by atoms with Crippen molar-refractivity contribution in [2.45, 2.75) is 25.3 Å². The summed E-state index contributed by atoms with van der Waals surface area (Å²) in [7, 11) is 0. The van der Waals surface area contributed by atoms with Crippen LogP contribution in [0.3, 0.4) is 0 Å². The van der Waals surface area contributed by atoms with Crippen molar-refractivity contribution in [3.05, 3.63) is 0 Å². The molecule has 0 aromatic rings. The molecular formula is C9H11NO3. The highest BCUT2D eigenvalue weighted by atomic mass is 16.4. The Morgan fingerprint density at radius 1 is 1.46 bits per heavy atom. The quantitative estimate of drug-likeness (QED) is 0.583. The number of nitrogens with zero attached hydrogens (tertiary/aromatic N) is 1. The first kappa shape index (κ1) is 9.59. The molecule has 1 aliphatic rings. The molecule has 0 radical (unpaired) electrons. The number of hydrogen-bond acceptors (Lipinski definition) is 2. The number of hydrogen-bond donors (Lipinski definition) is 1. The normalized spacial score (nSPS) is 22.1. The lowest BCUT2D eigenvalue weighted by Crippen LogP contribution is -2.47. The number of carboxylic acids is 1. The van der Waals surface area contributed by atoms with Gasteiger partial charge in [0.1, 0.15) is 6.04 Å². The highest BCUT2D eigenvalue weighted by Gasteiger charge is 2.30. The van der Waals surface area contributed by atoms with Gasteiger partial charge in [-0.1, -0.05) is 0 Å². The zero-order valence-electron chi connectivity index (χ0n) is 7.19. The van der Waals surface area contributed by atoms with Crippen LogP contribution in [0.4, 0.5) is 0 Å². The summed E-state index contributed by atoms with van der Waals surface area (Å²) in [4.78, 5) is 23.1. The molecule has 0 aromatic carbocycles. The minimum absolute atomic E-state index is 0.458. The first-order valence-corrected chi connectivity index (χ1v) is 4.17. The van der Waals surface area contributed by atoms with Crippen LogP contribution in [0.1, 0.15) is 19.3 Å². The predicted molar refractivity (Wildman–Crippen MR) is 45.8 cm³/mol. The van der Waals surface area contributed by atoms with Crippen LogP contribution in [-0.2, 0) is 9.59 Å². The number of rotatable bonds is 1. The molecule has 0 unspecified atom stereocenters. The molecule has 0 aromatic heterocycles. The lowest BCUT2D eigenvalue weighted by Gasteiger charge is -2.31. The Kier molecular flexibility index (Phi) is 2.91. The second kappa shape index (κ2) is 3.94. The molecular weight excluding hydrogens is 170 g/mol. The third-order valence-electron chi connectivity index (χ3n) is 2.17. The predicted octanol–water partition coefficient (Wildman–Crippen LogP) is 0.0853. The van der Waals surface area contributed by atoms with E-state index in [2.05, 4.69) is 0 Å². The van der Waals surface area contributed by atoms with Crippen LogP contribution in [0.15, 0.2) is 0 Å². The first-order valence-electron chi connectivity index (χ1n) is 4.17. The van der Waals surface area contributed by atoms with Crippen molar-refractivity contribution in [1.29, 1.82) is 0 Å². The van der Waals surface area contributed by atoms with Gasteiger partial charge in [-0.15, -0.1) is 6.42 Å². The summed E-state index contributed by atoms with van der Waals surface area (Å²) >= 11 is 0. The summed E-state index contributed by atoms with van der Waals surface area (Å²) in [6.45, 7) is 0.458. The van der Waals surface area contributed by atoms with Crippen LogP contribution in [-0.4, -0.2) is 34.5 Å². The molecule has 70 valence electrons. The van der Waals surface area contributed by atoms with Gasteiger partial charge < -0.3 is 10.0 Å². The van der Waals surface area contributed by atoms with Crippen molar-refractivity contribution in [2.75, 3.05) is 6.54 Å². The minimum Gasteiger partial charge on any atom is -0.480 e. The number of carbonyl (C=O) groups is 2. The van der Waals surface area contributed by atoms with Gasteiger partial charge in [-0.25, -0.2) is 4.79 Å². The molecule has 0 bridgehead atoms. The van der Waals surface area contributed by atoms with Crippen molar-refractivity contribution < 1.29 is 14.7 Å². The monoisotopic (exact) mass is 181 g/mol. The summed E-state index contributed by atoms with van der Waals surface area (Å²) in [5.41, 5.74) is 0. The number of piperidine rings is 1. The molecule has 1 rings (SSSR count). The molecule has 1 saturated heterocycles. The molecule has 1 fully saturated rings. The van der Waals surface area contributed by atoms with Crippen molar-refractivity contribution >= 4 is 11.9 Å². The Labute approximate surface area is 76.5 Å². The molecule has 0 saturated carbocycles. The Bertz CT molecular complexity index is 267. The van der Waals surface area contributed by atoms with Gasteiger partial charge in [-0.2, -0.15) is 0 Å². The number of carbonyl (C=O) groups excluding carboxylic acids is 1. The smallest absolute Gasteiger partial charge is 0.326 e. The molecule has 0 aliphatic carbocycles. The summed E-state index contributed by atoms with van der Waals surface area (Å²) in [5, 5.41) is 8.79. The van der Waals surface area contributed by atoms with Crippen LogP contribution < -0.4 is 0 Å². The second-order valence-electron chi connectivity index (χ2n) is 2.99. The van der Waals surface area contributed by atoms with Gasteiger partial charge in [0.25, 0.3) is 5.91 Å². The highest BCUT2D eigenvalue weighted by molar-refractivity contribution is 5.95. The molecule has 1 aliphatic heterocycles. The Morgan fingerprint density at radius 3 is 2.69 bits per heavy atom. The Balaban J connectivity index is 2.74. The second-order valence-corrected chi connectivity index (χ2v) is 2.99. The van der Waals surface area contributed by atoms with Crippen LogP contribution in [0.5, 0.6) is 0 Å². The summed E-state index contributed by atoms with van der Waals surface area (Å²) in [5.74, 6) is 0.453. The fourth-order valence-electron chi connectivity index (χ4n) is 1.51. The van der Waals surface area contributed by atoms with Crippen LogP contribution in [0.25, 0.3) is 0 Å². The van der Waals surface area contributed by atoms with Gasteiger partial charge in [0.15, 0.2) is 0 Å². The van der Waals surface area contributed by atoms with E-state index in [9.17, 15) is 9.59 Å². The van der Waals surface area contributed by atoms with Gasteiger partial charge in [-0.05, 0) is 25.2 Å². The van der Waals surface area contributed by atoms with E-state index in [1.165, 1.54) is 4.90 Å². The molecule has 1 heterocycles. The largest absolute Gasteiger partial charge is 0.480 e. The van der Waals surface area contributed by atoms with E-state index in [1.54, 1.807) is 0 Å². The number of aliphatic carboxylic acids is 1. The SMILES string of the molecule is C#CC(=O)N1CCCC[C@H]1C(=O)O. The van der Waals surface area contributed by atoms with Crippen molar-refractivity contribution in [3.8, 4) is 12.3 Å². The van der Waals surface area contributed by atoms with Crippen LogP contribution in [0.2, 0.25) is 0 Å². The molecule has 4 heteroatoms. The van der Waals surface area contributed by atoms with Crippen molar-refractivity contribution in [3.63, 3.8) is 0 Å². The Hall–Kier alpha value is -1.50. The number of carboxylic acid groups (broad SMARTS) is 1. The van der Waals surface area contributed by atoms with Gasteiger partial charge in [0.2, 0.25) is 0 Å². The maximum absolute atomic E-state index is 11.1. The van der Waals surface area contributed by atoms with Crippen LogP contribution >= 0.6 is 0 Å². The molecule has 13 heavy (non-hydrogen) atoms. The maximum atomic E-state index is 11.1. The van der Waals surface area contributed by atoms with Crippen molar-refractivity contribution in [1.82, 2.24) is 4.90 Å². The van der Waals surface area contributed by atoms with Crippen molar-refractivity contribution in [2.24, 2.45) is 0 Å². The fourth-order valence-corrected chi connectivity index (χ4v) is 1.51. The van der Waals surface area contributed by atoms with E-state index in [4.69, 9.17) is 11.5 Å². The van der Waals surface area contributed by atoms with Crippen LogP contribution in [0, 0.1) is 12.3 Å². The fraction of sp³-hybridized carbons (Fsp3) is 0.556. The number of amides is 1. The standard InChI is InChI=1S/C9H11NO3/c1-2-8(11)10-6-4-3-5-7(10)9(12)13/h1,7H,3-6H2,(H,12,13)/t7-/m0/s1. The highest BCUT2D eigenvalue weighted by Crippen LogP contribution is 2.16. The average molecular weight is 181 g/mol. The average Bonchev–Trinajstić information content (AvgIpc) is 2.16. The molecule has 1 amide bonds. The zero-order valence-corrected chi connectivity index (χ0v) is 7.19. The third-order valence-corrected chi connectivity index (χ3v) is 2.17. The summed E-state index contributed by atoms with van der Waals surface area (Å²) in [6, 6.07) is -0.725. The molecule has 1 atom stereocenters. The Morgan fingerprint density at radius 2 is 2.15 bits per heavy atom. The first-order chi connectivity index (χ1) is 6.16. The van der Waals surface area contributed by atoms with E-state index in [0.717, 1.165) is 12.8 Å². The maximum Gasteiger partial charge on any atom is 0.326 e. The summed E-state index contributed by atoms with van der Waals surface area (Å²) < 4.78 is 0. The lowest BCUT2D eigenvalue weighted by molar-refractivity contribution is -0.149. The molecule has 0 spiro atoms. The summed E-state index contributed by atoms with van der Waals surface area (Å²) in [6.07, 6.45) is 7.10. The zero-order chi connectivity index (χ0) is 9.84. The lowest BCUT2D eigenvalue weighted by atomic mass is 10.0. The van der Waals surface area contributed by atoms with E-state index in [1.807, 2.05) is 5.92 Å². The molecule has 4 nitrogen and oxygen atoms in total. The minimum atomic E-state index is -0.969. The van der Waals surface area contributed by atoms with E-state index in [0.29, 0.717) is 13.0 Å². The van der Waals surface area contributed by atoms with E-state index in [-0.39, 0.29) is 0 Å². The van der Waals surface area contributed by atoms with Gasteiger partial charge in [0.05, 0.1) is 0 Å². The topological polar surface area (TPSA) is 57.6 Å². The number of likely N-dealkylation sites (tertiary alicyclic amines) is 1. The molecule has 1 N–H and O–H groups in total. The third kappa shape index (κ3) is 2.00. The van der Waals surface area contributed by atoms with Gasteiger partial charge in [0, 0.05) is 6.54 Å². The van der Waals surface area contributed by atoms with Gasteiger partial charge in [-0.3, -0.25) is 4.79 Å². The van der Waals surface area contributed by atoms with Gasteiger partial charge >= 0.3 is 5.97 Å². The number of terminal acetylenes is 1. The van der Waals surface area contributed by atoms with E-state index >= 15 is 0 Å².